The molecule has 0 radical (unpaired) electrons. The monoisotopic (exact) mass is 482 g/mol. The van der Waals surface area contributed by atoms with E-state index in [4.69, 9.17) is 14.1 Å². The highest BCUT2D eigenvalue weighted by Gasteiger charge is 2.14. The third-order valence-electron chi connectivity index (χ3n) is 6.21. The third-order valence-corrected chi connectivity index (χ3v) is 7.28. The molecule has 0 bridgehead atoms. The van der Waals surface area contributed by atoms with Crippen LogP contribution >= 0.6 is 11.3 Å². The molecule has 0 saturated carbocycles. The molecule has 3 aromatic carbocycles. The number of aromatic nitrogens is 1. The summed E-state index contributed by atoms with van der Waals surface area (Å²) in [6.45, 7) is 7.96. The predicted octanol–water partition coefficient (Wildman–Crippen LogP) is 7.69. The second kappa shape index (κ2) is 9.04. The number of anilines is 1. The average Bonchev–Trinajstić information content (AvgIpc) is 3.38. The normalized spacial score (nSPS) is 11.9. The molecule has 2 heterocycles. The fourth-order valence-corrected chi connectivity index (χ4v) is 5.22. The number of aryl methyl sites for hydroxylation is 3. The number of rotatable bonds is 5. The Morgan fingerprint density at radius 3 is 2.57 bits per heavy atom. The summed E-state index contributed by atoms with van der Waals surface area (Å²) < 4.78 is 12.6. The number of nitrogens with one attached hydrogen (secondary N) is 1. The van der Waals surface area contributed by atoms with Crippen molar-refractivity contribution in [2.45, 2.75) is 27.7 Å². The Morgan fingerprint density at radius 2 is 1.83 bits per heavy atom. The Kier molecular flexibility index (Phi) is 5.91. The van der Waals surface area contributed by atoms with Gasteiger partial charge in [0.25, 0.3) is 0 Å². The molecule has 0 aliphatic rings. The van der Waals surface area contributed by atoms with E-state index in [0.29, 0.717) is 5.75 Å². The summed E-state index contributed by atoms with van der Waals surface area (Å²) in [7, 11) is 1.62. The lowest BCUT2D eigenvalue weighted by Crippen LogP contribution is -2.08. The third kappa shape index (κ3) is 4.45. The fourth-order valence-electron chi connectivity index (χ4n) is 4.15. The maximum absolute atomic E-state index is 12.8. The summed E-state index contributed by atoms with van der Waals surface area (Å²) in [5, 5.41) is 4.94. The van der Waals surface area contributed by atoms with E-state index >= 15 is 0 Å². The van der Waals surface area contributed by atoms with Gasteiger partial charge in [-0.25, -0.2) is 4.98 Å². The second-order valence-corrected chi connectivity index (χ2v) is 9.75. The molecule has 2 aromatic heterocycles. The van der Waals surface area contributed by atoms with Gasteiger partial charge in [0.15, 0.2) is 0 Å². The number of carbonyl (C=O) groups is 1. The van der Waals surface area contributed by atoms with Crippen molar-refractivity contribution in [1.82, 2.24) is 4.98 Å². The number of amides is 1. The van der Waals surface area contributed by atoms with Crippen molar-refractivity contribution in [3.8, 4) is 16.3 Å². The van der Waals surface area contributed by atoms with Crippen LogP contribution in [0, 0.1) is 20.8 Å². The molecule has 5 aromatic rings. The molecule has 0 aliphatic carbocycles. The zero-order valence-electron chi connectivity index (χ0n) is 20.4. The molecule has 0 fully saturated rings. The zero-order valence-corrected chi connectivity index (χ0v) is 21.2. The van der Waals surface area contributed by atoms with Crippen molar-refractivity contribution in [3.63, 3.8) is 0 Å². The molecular weight excluding hydrogens is 456 g/mol. The average molecular weight is 483 g/mol. The molecule has 35 heavy (non-hydrogen) atoms. The van der Waals surface area contributed by atoms with Gasteiger partial charge in [0, 0.05) is 34.3 Å². The topological polar surface area (TPSA) is 64.4 Å². The van der Waals surface area contributed by atoms with Gasteiger partial charge in [0.2, 0.25) is 5.91 Å². The van der Waals surface area contributed by atoms with E-state index in [9.17, 15) is 4.79 Å². The van der Waals surface area contributed by atoms with Crippen LogP contribution in [0.2, 0.25) is 0 Å². The number of ether oxygens (including phenoxy) is 1. The van der Waals surface area contributed by atoms with E-state index in [0.717, 1.165) is 55.2 Å². The molecule has 5 nitrogen and oxygen atoms in total. The first kappa shape index (κ1) is 22.9. The number of nitrogens with zero attached hydrogens (tertiary/aromatic N) is 1. The van der Waals surface area contributed by atoms with Crippen LogP contribution in [0.3, 0.4) is 0 Å². The fraction of sp³-hybridized carbons (Fsp3) is 0.172. The Balaban J connectivity index is 1.35. The van der Waals surface area contributed by atoms with Gasteiger partial charge >= 0.3 is 0 Å². The Morgan fingerprint density at radius 1 is 1.06 bits per heavy atom. The first-order valence-electron chi connectivity index (χ1n) is 11.4. The first-order valence-corrected chi connectivity index (χ1v) is 12.2. The number of allylic oxidation sites excluding steroid dienone is 1. The van der Waals surface area contributed by atoms with Crippen LogP contribution in [0.4, 0.5) is 5.69 Å². The highest BCUT2D eigenvalue weighted by Crippen LogP contribution is 2.35. The zero-order chi connectivity index (χ0) is 24.7. The number of benzene rings is 3. The minimum absolute atomic E-state index is 0.201. The summed E-state index contributed by atoms with van der Waals surface area (Å²) in [6.07, 6.45) is 1.59. The summed E-state index contributed by atoms with van der Waals surface area (Å²) in [5.41, 5.74) is 7.51. The van der Waals surface area contributed by atoms with E-state index < -0.39 is 0 Å². The van der Waals surface area contributed by atoms with Crippen molar-refractivity contribution in [1.29, 1.82) is 0 Å². The van der Waals surface area contributed by atoms with Gasteiger partial charge in [-0.3, -0.25) is 4.79 Å². The van der Waals surface area contributed by atoms with Crippen LogP contribution in [0.25, 0.3) is 37.3 Å². The van der Waals surface area contributed by atoms with Gasteiger partial charge in [-0.05, 0) is 86.9 Å². The smallest absolute Gasteiger partial charge is 0.248 e. The Labute approximate surface area is 208 Å². The number of carbonyl (C=O) groups excluding carboxylic acids is 1. The van der Waals surface area contributed by atoms with Gasteiger partial charge < -0.3 is 14.5 Å². The number of furan rings is 1. The van der Waals surface area contributed by atoms with E-state index in [2.05, 4.69) is 30.4 Å². The molecule has 0 unspecified atom stereocenters. The molecule has 5 rings (SSSR count). The quantitative estimate of drug-likeness (QED) is 0.261. The summed E-state index contributed by atoms with van der Waals surface area (Å²) >= 11 is 1.67. The van der Waals surface area contributed by atoms with Crippen LogP contribution in [-0.2, 0) is 4.79 Å². The number of methoxy groups -OCH3 is 1. The van der Waals surface area contributed by atoms with Gasteiger partial charge in [-0.1, -0.05) is 6.07 Å². The molecule has 1 amide bonds. The van der Waals surface area contributed by atoms with E-state index in [-0.39, 0.29) is 5.91 Å². The molecular formula is C29H26N2O3S. The first-order chi connectivity index (χ1) is 16.8. The summed E-state index contributed by atoms with van der Waals surface area (Å²) in [5.74, 6) is 1.35. The lowest BCUT2D eigenvalue weighted by Gasteiger charge is -2.10. The second-order valence-electron chi connectivity index (χ2n) is 8.72. The Bertz CT molecular complexity index is 1610. The van der Waals surface area contributed by atoms with Crippen molar-refractivity contribution in [2.75, 3.05) is 12.4 Å². The predicted molar refractivity (Wildman–Crippen MR) is 144 cm³/mol. The van der Waals surface area contributed by atoms with Gasteiger partial charge in [0.1, 0.15) is 22.1 Å². The number of hydrogen-bond acceptors (Lipinski definition) is 5. The van der Waals surface area contributed by atoms with Crippen LogP contribution in [-0.4, -0.2) is 18.0 Å². The van der Waals surface area contributed by atoms with Crippen LogP contribution in [0.1, 0.15) is 29.4 Å². The number of fused-ring (bicyclic) bond motifs is 2. The van der Waals surface area contributed by atoms with E-state index in [1.807, 2.05) is 57.2 Å². The lowest BCUT2D eigenvalue weighted by molar-refractivity contribution is -0.111. The molecule has 0 atom stereocenters. The highest BCUT2D eigenvalue weighted by atomic mass is 32.1. The molecule has 6 heteroatoms. The maximum atomic E-state index is 12.8. The Hall–Kier alpha value is -3.90. The minimum Gasteiger partial charge on any atom is -0.496 e. The molecule has 0 spiro atoms. The van der Waals surface area contributed by atoms with Gasteiger partial charge in [-0.15, -0.1) is 11.3 Å². The SMILES string of the molecule is COc1cc2oc(C)c(C)c2cc1/C(C)=C/C(=O)Nc1ccc(-c2nc3ccc(C)cc3s2)cc1. The largest absolute Gasteiger partial charge is 0.496 e. The minimum atomic E-state index is -0.201. The standard InChI is InChI=1S/C29H26N2O3S/c1-16-6-11-24-27(12-16)35-29(31-24)20-7-9-21(10-8-20)30-28(32)13-17(2)22-14-23-18(3)19(4)34-26(23)15-25(22)33-5/h6-15H,1-5H3,(H,30,32)/b17-13+. The van der Waals surface area contributed by atoms with Gasteiger partial charge in [-0.2, -0.15) is 0 Å². The lowest BCUT2D eigenvalue weighted by atomic mass is 10.0. The van der Waals surface area contributed by atoms with Crippen LogP contribution < -0.4 is 10.1 Å². The molecule has 1 N–H and O–H groups in total. The number of hydrogen-bond donors (Lipinski definition) is 1. The molecule has 0 aliphatic heterocycles. The van der Waals surface area contributed by atoms with Crippen molar-refractivity contribution < 1.29 is 13.9 Å². The summed E-state index contributed by atoms with van der Waals surface area (Å²) in [6, 6.07) is 17.9. The van der Waals surface area contributed by atoms with E-state index in [1.54, 1.807) is 24.5 Å². The summed E-state index contributed by atoms with van der Waals surface area (Å²) in [4.78, 5) is 17.5. The highest BCUT2D eigenvalue weighted by molar-refractivity contribution is 7.21. The van der Waals surface area contributed by atoms with E-state index in [1.165, 1.54) is 10.3 Å². The molecule has 176 valence electrons. The van der Waals surface area contributed by atoms with Crippen LogP contribution in [0.5, 0.6) is 5.75 Å². The maximum Gasteiger partial charge on any atom is 0.248 e. The van der Waals surface area contributed by atoms with Gasteiger partial charge in [0.05, 0.1) is 17.3 Å². The van der Waals surface area contributed by atoms with Crippen molar-refractivity contribution in [2.24, 2.45) is 0 Å². The van der Waals surface area contributed by atoms with Crippen molar-refractivity contribution >= 4 is 49.7 Å². The number of thiazole rings is 1. The van der Waals surface area contributed by atoms with Crippen LogP contribution in [0.15, 0.2) is 65.1 Å². The van der Waals surface area contributed by atoms with Crippen molar-refractivity contribution in [3.05, 3.63) is 83.1 Å². The molecule has 0 saturated heterocycles.